The smallest absolute Gasteiger partial charge is 0.264 e. The Morgan fingerprint density at radius 1 is 1.44 bits per heavy atom. The summed E-state index contributed by atoms with van der Waals surface area (Å²) in [4.78, 5) is 0. The molecule has 5 nitrogen and oxygen atoms in total. The van der Waals surface area contributed by atoms with Gasteiger partial charge in [0.1, 0.15) is 0 Å². The molecule has 0 aromatic heterocycles. The van der Waals surface area contributed by atoms with Crippen LogP contribution in [-0.4, -0.2) is 54.0 Å². The van der Waals surface area contributed by atoms with Crippen LogP contribution in [0.1, 0.15) is 25.7 Å². The Morgan fingerprint density at radius 3 is 2.75 bits per heavy atom. The van der Waals surface area contributed by atoms with Crippen LogP contribution in [0, 0.1) is 0 Å². The maximum Gasteiger partial charge on any atom is 0.264 e. The number of rotatable bonds is 6. The van der Waals surface area contributed by atoms with Crippen molar-refractivity contribution in [2.45, 2.75) is 30.9 Å². The van der Waals surface area contributed by atoms with E-state index in [1.807, 2.05) is 0 Å². The first kappa shape index (κ1) is 14.1. The second-order valence-corrected chi connectivity index (χ2v) is 7.84. The van der Waals surface area contributed by atoms with Crippen molar-refractivity contribution in [2.24, 2.45) is 0 Å². The summed E-state index contributed by atoms with van der Waals surface area (Å²) in [5, 5.41) is -0.0870. The van der Waals surface area contributed by atoms with E-state index in [0.717, 1.165) is 29.7 Å². The lowest BCUT2D eigenvalue weighted by Gasteiger charge is -2.33. The molecule has 0 saturated carbocycles. The van der Waals surface area contributed by atoms with Crippen LogP contribution >= 0.6 is 0 Å². The average molecular weight is 268 g/mol. The molecule has 1 aliphatic heterocycles. The summed E-state index contributed by atoms with van der Waals surface area (Å²) in [7, 11) is -2.92. The molecule has 1 unspecified atom stereocenters. The van der Waals surface area contributed by atoms with Crippen LogP contribution in [0.2, 0.25) is 0 Å². The molecule has 7 heteroatoms. The van der Waals surface area contributed by atoms with Gasteiger partial charge in [-0.1, -0.05) is 0 Å². The van der Waals surface area contributed by atoms with E-state index in [9.17, 15) is 8.42 Å². The molecule has 16 heavy (non-hydrogen) atoms. The van der Waals surface area contributed by atoms with Crippen LogP contribution in [0.5, 0.6) is 0 Å². The molecule has 0 spiro atoms. The van der Waals surface area contributed by atoms with Crippen molar-refractivity contribution < 1.29 is 22.4 Å². The van der Waals surface area contributed by atoms with Crippen molar-refractivity contribution in [1.29, 1.82) is 0 Å². The monoisotopic (exact) mass is 268 g/mol. The van der Waals surface area contributed by atoms with Gasteiger partial charge >= 0.3 is 0 Å². The minimum atomic E-state index is -3.85. The van der Waals surface area contributed by atoms with Crippen molar-refractivity contribution in [1.82, 2.24) is 0 Å². The fraction of sp³-hybridized carbons (Fsp3) is 1.00. The van der Waals surface area contributed by atoms with Gasteiger partial charge in [0.15, 0.2) is 0 Å². The van der Waals surface area contributed by atoms with Gasteiger partial charge in [-0.25, -0.2) is 0 Å². The second kappa shape index (κ2) is 6.11. The topological polar surface area (TPSA) is 72.8 Å². The fourth-order valence-electron chi connectivity index (χ4n) is 1.74. The second-order valence-electron chi connectivity index (χ2n) is 4.45. The van der Waals surface area contributed by atoms with Crippen LogP contribution in [0.25, 0.3) is 0 Å². The standard InChI is InChI=1S/C9H20O5SSi/c10-15(11,12)7-3-5-13-8-9(16)4-1-2-6-14-9/h1-8H2,16H3,(H,10,11,12). The van der Waals surface area contributed by atoms with Gasteiger partial charge in [-0.05, 0) is 25.7 Å². The van der Waals surface area contributed by atoms with E-state index in [1.54, 1.807) is 0 Å². The molecule has 1 atom stereocenters. The molecule has 0 aromatic carbocycles. The zero-order valence-electron chi connectivity index (χ0n) is 9.65. The zero-order valence-corrected chi connectivity index (χ0v) is 12.5. The molecule has 1 heterocycles. The largest absolute Gasteiger partial charge is 0.379 e. The fourth-order valence-corrected chi connectivity index (χ4v) is 2.98. The predicted molar refractivity (Wildman–Crippen MR) is 64.3 cm³/mol. The van der Waals surface area contributed by atoms with E-state index in [0.29, 0.717) is 19.6 Å². The molecule has 0 radical (unpaired) electrons. The third-order valence-electron chi connectivity index (χ3n) is 2.65. The molecule has 1 rings (SSSR count). The van der Waals surface area contributed by atoms with Crippen molar-refractivity contribution in [2.75, 3.05) is 25.6 Å². The van der Waals surface area contributed by atoms with E-state index >= 15 is 0 Å². The van der Waals surface area contributed by atoms with Crippen LogP contribution in [0.4, 0.5) is 0 Å². The average Bonchev–Trinajstić information content (AvgIpc) is 2.16. The summed E-state index contributed by atoms with van der Waals surface area (Å²) in [5.41, 5.74) is 0. The van der Waals surface area contributed by atoms with E-state index in [2.05, 4.69) is 0 Å². The SMILES string of the molecule is O=S(=O)(O)CCCOCC1([SiH3])CCCCO1. The quantitative estimate of drug-likeness (QED) is 0.401. The maximum atomic E-state index is 10.4. The molecule has 1 saturated heterocycles. The highest BCUT2D eigenvalue weighted by Gasteiger charge is 2.27. The van der Waals surface area contributed by atoms with E-state index < -0.39 is 10.1 Å². The summed E-state index contributed by atoms with van der Waals surface area (Å²) < 4.78 is 40.5. The number of hydrogen-bond acceptors (Lipinski definition) is 4. The zero-order chi connectivity index (χ0) is 12.1. The number of ether oxygens (including phenoxy) is 2. The first-order valence-corrected chi connectivity index (χ1v) is 8.19. The highest BCUT2D eigenvalue weighted by molar-refractivity contribution is 7.85. The first-order valence-electron chi connectivity index (χ1n) is 5.58. The third-order valence-corrected chi connectivity index (χ3v) is 4.53. The van der Waals surface area contributed by atoms with Crippen molar-refractivity contribution in [3.05, 3.63) is 0 Å². The van der Waals surface area contributed by atoms with Gasteiger partial charge in [0.2, 0.25) is 0 Å². The van der Waals surface area contributed by atoms with Gasteiger partial charge in [0.25, 0.3) is 10.1 Å². The van der Waals surface area contributed by atoms with Gasteiger partial charge in [-0.3, -0.25) is 4.55 Å². The molecule has 1 fully saturated rings. The summed E-state index contributed by atoms with van der Waals surface area (Å²) in [6, 6.07) is 0. The molecular weight excluding hydrogens is 248 g/mol. The summed E-state index contributed by atoms with van der Waals surface area (Å²) in [5.74, 6) is -0.234. The van der Waals surface area contributed by atoms with E-state index in [-0.39, 0.29) is 11.0 Å². The Hall–Kier alpha value is 0.0469. The molecule has 1 aliphatic rings. The van der Waals surface area contributed by atoms with Crippen molar-refractivity contribution >= 4 is 20.4 Å². The normalized spacial score (nSPS) is 27.1. The summed E-state index contributed by atoms with van der Waals surface area (Å²) in [6.07, 6.45) is 3.67. The van der Waals surface area contributed by atoms with Crippen LogP contribution in [-0.2, 0) is 19.6 Å². The van der Waals surface area contributed by atoms with Gasteiger partial charge in [0, 0.05) is 23.5 Å². The van der Waals surface area contributed by atoms with Crippen molar-refractivity contribution in [3.63, 3.8) is 0 Å². The van der Waals surface area contributed by atoms with Gasteiger partial charge in [-0.15, -0.1) is 0 Å². The summed E-state index contributed by atoms with van der Waals surface area (Å²) in [6.45, 7) is 1.70. The maximum absolute atomic E-state index is 10.4. The summed E-state index contributed by atoms with van der Waals surface area (Å²) >= 11 is 0. The van der Waals surface area contributed by atoms with Gasteiger partial charge < -0.3 is 9.47 Å². The Kier molecular flexibility index (Phi) is 5.39. The molecule has 0 aromatic rings. The van der Waals surface area contributed by atoms with Crippen LogP contribution in [0.15, 0.2) is 0 Å². The predicted octanol–water partition coefficient (Wildman–Crippen LogP) is -0.457. The third kappa shape index (κ3) is 5.95. The molecule has 0 aliphatic carbocycles. The highest BCUT2D eigenvalue weighted by Crippen LogP contribution is 2.21. The minimum Gasteiger partial charge on any atom is -0.379 e. The lowest BCUT2D eigenvalue weighted by Crippen LogP contribution is -2.41. The van der Waals surface area contributed by atoms with Gasteiger partial charge in [-0.2, -0.15) is 8.42 Å². The lowest BCUT2D eigenvalue weighted by atomic mass is 10.1. The lowest BCUT2D eigenvalue weighted by molar-refractivity contribution is -0.0696. The molecule has 96 valence electrons. The molecular formula is C9H20O5SSi. The minimum absolute atomic E-state index is 0.0870. The van der Waals surface area contributed by atoms with E-state index in [4.69, 9.17) is 14.0 Å². The first-order chi connectivity index (χ1) is 7.41. The molecule has 0 amide bonds. The highest BCUT2D eigenvalue weighted by atomic mass is 32.2. The Labute approximate surface area is 99.7 Å². The van der Waals surface area contributed by atoms with Crippen LogP contribution < -0.4 is 0 Å². The van der Waals surface area contributed by atoms with Crippen LogP contribution in [0.3, 0.4) is 0 Å². The molecule has 0 bridgehead atoms. The Bertz CT molecular complexity index is 297. The molecule has 1 N–H and O–H groups in total. The number of hydrogen-bond donors (Lipinski definition) is 1. The van der Waals surface area contributed by atoms with E-state index in [1.165, 1.54) is 6.42 Å². The Balaban J connectivity index is 2.10. The van der Waals surface area contributed by atoms with Crippen molar-refractivity contribution in [3.8, 4) is 0 Å². The van der Waals surface area contributed by atoms with Gasteiger partial charge in [0.05, 0.1) is 17.6 Å². The Morgan fingerprint density at radius 2 is 2.19 bits per heavy atom.